The lowest BCUT2D eigenvalue weighted by molar-refractivity contribution is 0.372. The molecule has 2 N–H and O–H groups in total. The Balaban J connectivity index is 1.66. The van der Waals surface area contributed by atoms with Crippen molar-refractivity contribution in [1.82, 2.24) is 15.1 Å². The van der Waals surface area contributed by atoms with Crippen molar-refractivity contribution < 1.29 is 4.52 Å². The van der Waals surface area contributed by atoms with Crippen LogP contribution in [0, 0.1) is 0 Å². The van der Waals surface area contributed by atoms with Gasteiger partial charge in [-0.25, -0.2) is 0 Å². The Labute approximate surface area is 144 Å². The van der Waals surface area contributed by atoms with E-state index in [-0.39, 0.29) is 0 Å². The lowest BCUT2D eigenvalue weighted by Crippen LogP contribution is -2.34. The second-order valence-corrected chi connectivity index (χ2v) is 6.69. The van der Waals surface area contributed by atoms with Gasteiger partial charge in [0.2, 0.25) is 0 Å². The van der Waals surface area contributed by atoms with Gasteiger partial charge in [-0.1, -0.05) is 41.7 Å². The molecule has 1 saturated carbocycles. The van der Waals surface area contributed by atoms with E-state index in [1.807, 2.05) is 30.3 Å². The van der Waals surface area contributed by atoms with Crippen LogP contribution in [0.1, 0.15) is 31.5 Å². The largest absolute Gasteiger partial charge is 0.334 e. The zero-order valence-corrected chi connectivity index (χ0v) is 13.8. The molecular formula is C18H17ClN4O. The van der Waals surface area contributed by atoms with Crippen molar-refractivity contribution in [2.75, 3.05) is 0 Å². The van der Waals surface area contributed by atoms with E-state index in [9.17, 15) is 0 Å². The first kappa shape index (κ1) is 15.3. The molecule has 1 aliphatic carbocycles. The smallest absolute Gasteiger partial charge is 0.259 e. The molecule has 3 aromatic rings. The minimum atomic E-state index is -0.455. The molecular weight excluding hydrogens is 324 g/mol. The van der Waals surface area contributed by atoms with Crippen LogP contribution >= 0.6 is 11.6 Å². The predicted octanol–water partition coefficient (Wildman–Crippen LogP) is 4.18. The van der Waals surface area contributed by atoms with Gasteiger partial charge in [-0.3, -0.25) is 4.98 Å². The highest BCUT2D eigenvalue weighted by Gasteiger charge is 2.36. The number of halogens is 1. The molecule has 0 radical (unpaired) electrons. The maximum Gasteiger partial charge on any atom is 0.259 e. The van der Waals surface area contributed by atoms with Gasteiger partial charge in [-0.05, 0) is 36.6 Å². The number of pyridine rings is 1. The van der Waals surface area contributed by atoms with Crippen LogP contribution in [0.5, 0.6) is 0 Å². The Morgan fingerprint density at radius 1 is 1.00 bits per heavy atom. The van der Waals surface area contributed by atoms with E-state index in [4.69, 9.17) is 21.9 Å². The lowest BCUT2D eigenvalue weighted by atomic mass is 9.98. The van der Waals surface area contributed by atoms with Crippen LogP contribution in [0.15, 0.2) is 47.2 Å². The molecule has 122 valence electrons. The summed E-state index contributed by atoms with van der Waals surface area (Å²) < 4.78 is 5.44. The van der Waals surface area contributed by atoms with Gasteiger partial charge in [0.05, 0.1) is 11.1 Å². The number of aromatic nitrogens is 3. The molecule has 0 unspecified atom stereocenters. The fourth-order valence-electron chi connectivity index (χ4n) is 3.13. The number of hydrogen-bond donors (Lipinski definition) is 1. The molecule has 4 rings (SSSR count). The highest BCUT2D eigenvalue weighted by atomic mass is 35.5. The Bertz CT molecular complexity index is 853. The van der Waals surface area contributed by atoms with Crippen molar-refractivity contribution in [2.45, 2.75) is 31.2 Å². The van der Waals surface area contributed by atoms with E-state index in [1.54, 1.807) is 12.4 Å². The van der Waals surface area contributed by atoms with Crippen LogP contribution in [0.2, 0.25) is 5.02 Å². The molecule has 0 saturated heterocycles. The van der Waals surface area contributed by atoms with E-state index in [0.717, 1.165) is 42.4 Å². The molecule has 2 heterocycles. The molecule has 0 bridgehead atoms. The summed E-state index contributed by atoms with van der Waals surface area (Å²) in [7, 11) is 0. The summed E-state index contributed by atoms with van der Waals surface area (Å²) in [6.07, 6.45) is 7.52. The van der Waals surface area contributed by atoms with E-state index in [0.29, 0.717) is 16.7 Å². The van der Waals surface area contributed by atoms with E-state index in [2.05, 4.69) is 15.1 Å². The average Bonchev–Trinajstić information content (AvgIpc) is 3.26. The van der Waals surface area contributed by atoms with Crippen LogP contribution < -0.4 is 5.73 Å². The van der Waals surface area contributed by atoms with Gasteiger partial charge < -0.3 is 10.3 Å². The Morgan fingerprint density at radius 2 is 1.71 bits per heavy atom. The van der Waals surface area contributed by atoms with Crippen LogP contribution in [0.4, 0.5) is 0 Å². The summed E-state index contributed by atoms with van der Waals surface area (Å²) in [4.78, 5) is 8.81. The van der Waals surface area contributed by atoms with Gasteiger partial charge in [0.15, 0.2) is 5.82 Å². The predicted molar refractivity (Wildman–Crippen MR) is 92.3 cm³/mol. The quantitative estimate of drug-likeness (QED) is 0.773. The van der Waals surface area contributed by atoms with Crippen molar-refractivity contribution in [3.05, 3.63) is 53.6 Å². The van der Waals surface area contributed by atoms with Gasteiger partial charge in [-0.2, -0.15) is 4.98 Å². The van der Waals surface area contributed by atoms with E-state index in [1.165, 1.54) is 0 Å². The topological polar surface area (TPSA) is 77.8 Å². The maximum atomic E-state index is 6.39. The molecule has 1 fully saturated rings. The first-order chi connectivity index (χ1) is 11.6. The molecule has 24 heavy (non-hydrogen) atoms. The number of benzene rings is 1. The van der Waals surface area contributed by atoms with Crippen molar-refractivity contribution in [2.24, 2.45) is 5.73 Å². The van der Waals surface area contributed by atoms with Crippen LogP contribution in [-0.4, -0.2) is 15.1 Å². The molecule has 0 aliphatic heterocycles. The van der Waals surface area contributed by atoms with Crippen molar-refractivity contribution in [3.63, 3.8) is 0 Å². The fourth-order valence-corrected chi connectivity index (χ4v) is 3.26. The third-order valence-electron chi connectivity index (χ3n) is 4.53. The van der Waals surface area contributed by atoms with Crippen LogP contribution in [0.25, 0.3) is 22.6 Å². The van der Waals surface area contributed by atoms with E-state index < -0.39 is 5.54 Å². The standard InChI is InChI=1S/C18H17ClN4O/c19-15-5-3-12(4-6-15)13-9-14(11-21-10-13)16-22-17(23-24-16)18(20)7-1-2-8-18/h3-6,9-11H,1-2,7-8,20H2. The highest BCUT2D eigenvalue weighted by molar-refractivity contribution is 6.30. The lowest BCUT2D eigenvalue weighted by Gasteiger charge is -2.17. The molecule has 2 aromatic heterocycles. The summed E-state index contributed by atoms with van der Waals surface area (Å²) in [5.41, 5.74) is 8.71. The minimum absolute atomic E-state index is 0.449. The summed E-state index contributed by atoms with van der Waals surface area (Å²) in [5.74, 6) is 1.04. The Kier molecular flexibility index (Phi) is 3.82. The summed E-state index contributed by atoms with van der Waals surface area (Å²) in [6, 6.07) is 9.59. The number of rotatable bonds is 3. The average molecular weight is 341 g/mol. The number of nitrogens with two attached hydrogens (primary N) is 1. The molecule has 6 heteroatoms. The molecule has 0 atom stereocenters. The Hall–Kier alpha value is -2.24. The zero-order chi connectivity index (χ0) is 16.6. The van der Waals surface area contributed by atoms with Gasteiger partial charge >= 0.3 is 0 Å². The third-order valence-corrected chi connectivity index (χ3v) is 4.78. The minimum Gasteiger partial charge on any atom is -0.334 e. The zero-order valence-electron chi connectivity index (χ0n) is 13.1. The van der Waals surface area contributed by atoms with Gasteiger partial charge in [0.25, 0.3) is 5.89 Å². The fraction of sp³-hybridized carbons (Fsp3) is 0.278. The van der Waals surface area contributed by atoms with Crippen molar-refractivity contribution >= 4 is 11.6 Å². The second kappa shape index (κ2) is 6.00. The number of nitrogens with zero attached hydrogens (tertiary/aromatic N) is 3. The SMILES string of the molecule is NC1(c2noc(-c3cncc(-c4ccc(Cl)cc4)c3)n2)CCCC1. The summed E-state index contributed by atoms with van der Waals surface area (Å²) >= 11 is 5.94. The maximum absolute atomic E-state index is 6.39. The van der Waals surface area contributed by atoms with E-state index >= 15 is 0 Å². The molecule has 1 aromatic carbocycles. The normalized spacial score (nSPS) is 16.4. The molecule has 5 nitrogen and oxygen atoms in total. The summed E-state index contributed by atoms with van der Waals surface area (Å²) in [6.45, 7) is 0. The van der Waals surface area contributed by atoms with Crippen molar-refractivity contribution in [1.29, 1.82) is 0 Å². The highest BCUT2D eigenvalue weighted by Crippen LogP contribution is 2.35. The second-order valence-electron chi connectivity index (χ2n) is 6.26. The summed E-state index contributed by atoms with van der Waals surface area (Å²) in [5, 5.41) is 4.81. The van der Waals surface area contributed by atoms with Crippen molar-refractivity contribution in [3.8, 4) is 22.6 Å². The van der Waals surface area contributed by atoms with Crippen LogP contribution in [0.3, 0.4) is 0 Å². The monoisotopic (exact) mass is 340 g/mol. The first-order valence-corrected chi connectivity index (χ1v) is 8.36. The number of hydrogen-bond acceptors (Lipinski definition) is 5. The first-order valence-electron chi connectivity index (χ1n) is 7.98. The Morgan fingerprint density at radius 3 is 2.46 bits per heavy atom. The van der Waals surface area contributed by atoms with Gasteiger partial charge in [-0.15, -0.1) is 0 Å². The molecule has 0 amide bonds. The van der Waals surface area contributed by atoms with Gasteiger partial charge in [0.1, 0.15) is 0 Å². The molecule has 1 aliphatic rings. The molecule has 0 spiro atoms. The van der Waals surface area contributed by atoms with Gasteiger partial charge in [0, 0.05) is 23.0 Å². The van der Waals surface area contributed by atoms with Crippen LogP contribution in [-0.2, 0) is 5.54 Å². The third kappa shape index (κ3) is 2.81.